The number of carbonyl (C=O) groups excluding carboxylic acids is 1. The molecule has 176 valence electrons. The summed E-state index contributed by atoms with van der Waals surface area (Å²) in [6, 6.07) is 15.9. The van der Waals surface area contributed by atoms with Crippen molar-refractivity contribution in [1.82, 2.24) is 0 Å². The van der Waals surface area contributed by atoms with Crippen LogP contribution in [0.1, 0.15) is 37.5 Å². The number of hydrogen-bond donors (Lipinski definition) is 1. The summed E-state index contributed by atoms with van der Waals surface area (Å²) in [7, 11) is 0. The summed E-state index contributed by atoms with van der Waals surface area (Å²) in [5, 5.41) is 3.05. The molecule has 0 spiro atoms. The molecule has 3 aromatic carbocycles. The molecule has 4 rings (SSSR count). The van der Waals surface area contributed by atoms with Crippen LogP contribution in [0.2, 0.25) is 0 Å². The van der Waals surface area contributed by atoms with Crippen molar-refractivity contribution in [1.29, 1.82) is 0 Å². The summed E-state index contributed by atoms with van der Waals surface area (Å²) in [5.41, 5.74) is -0.929. The Labute approximate surface area is 194 Å². The highest BCUT2D eigenvalue weighted by atomic mass is 32.1. The average Bonchev–Trinajstić information content (AvgIpc) is 3.12. The van der Waals surface area contributed by atoms with Crippen molar-refractivity contribution in [2.24, 2.45) is 0 Å². The molecule has 0 unspecified atom stereocenters. The van der Waals surface area contributed by atoms with Gasteiger partial charge in [-0.25, -0.2) is 0 Å². The highest BCUT2D eigenvalue weighted by Gasteiger charge is 2.37. The van der Waals surface area contributed by atoms with Crippen molar-refractivity contribution in [2.45, 2.75) is 25.7 Å². The fourth-order valence-corrected chi connectivity index (χ4v) is 4.70. The number of carbonyl (C=O) groups is 1. The number of fused-ring (bicyclic) bond motifs is 1. The fourth-order valence-electron chi connectivity index (χ4n) is 3.58. The summed E-state index contributed by atoms with van der Waals surface area (Å²) < 4.78 is 79.9. The summed E-state index contributed by atoms with van der Waals surface area (Å²) in [4.78, 5) is 13.3. The van der Waals surface area contributed by atoms with E-state index in [1.54, 1.807) is 18.2 Å². The van der Waals surface area contributed by atoms with Crippen LogP contribution in [0.5, 0.6) is 0 Å². The van der Waals surface area contributed by atoms with Gasteiger partial charge in [0, 0.05) is 10.4 Å². The molecule has 0 aliphatic carbocycles. The van der Waals surface area contributed by atoms with E-state index in [9.17, 15) is 31.1 Å². The van der Waals surface area contributed by atoms with Gasteiger partial charge in [0.2, 0.25) is 0 Å². The zero-order chi connectivity index (χ0) is 24.7. The van der Waals surface area contributed by atoms with Crippen molar-refractivity contribution in [3.63, 3.8) is 0 Å². The molecule has 9 heteroatoms. The second-order valence-corrected chi connectivity index (χ2v) is 8.87. The first-order chi connectivity index (χ1) is 15.9. The Kier molecular flexibility index (Phi) is 6.16. The summed E-state index contributed by atoms with van der Waals surface area (Å²) >= 11 is 1.14. The maximum atomic E-state index is 13.2. The quantitative estimate of drug-likeness (QED) is 0.286. The Bertz CT molecular complexity index is 1320. The second-order valence-electron chi connectivity index (χ2n) is 7.82. The Balaban J connectivity index is 1.74. The van der Waals surface area contributed by atoms with Crippen LogP contribution in [-0.2, 0) is 18.8 Å². The Hall–Kier alpha value is -3.33. The minimum absolute atomic E-state index is 0.0257. The van der Waals surface area contributed by atoms with Crippen LogP contribution < -0.4 is 5.32 Å². The van der Waals surface area contributed by atoms with Crippen molar-refractivity contribution in [3.05, 3.63) is 99.4 Å². The van der Waals surface area contributed by atoms with Crippen LogP contribution in [0.25, 0.3) is 10.1 Å². The van der Waals surface area contributed by atoms with Gasteiger partial charge in [-0.2, -0.15) is 26.3 Å². The molecule has 4 aromatic rings. The first-order valence-electron chi connectivity index (χ1n) is 10.1. The molecule has 0 saturated carbocycles. The molecule has 0 fully saturated rings. The smallest absolute Gasteiger partial charge is 0.321 e. The van der Waals surface area contributed by atoms with Gasteiger partial charge >= 0.3 is 12.4 Å². The monoisotopic (exact) mass is 493 g/mol. The van der Waals surface area contributed by atoms with E-state index in [0.29, 0.717) is 24.1 Å². The number of alkyl halides is 6. The minimum Gasteiger partial charge on any atom is -0.321 e. The molecule has 1 N–H and O–H groups in total. The van der Waals surface area contributed by atoms with E-state index in [-0.39, 0.29) is 10.9 Å². The zero-order valence-electron chi connectivity index (χ0n) is 17.6. The molecule has 0 aliphatic rings. The van der Waals surface area contributed by atoms with Gasteiger partial charge in [0.05, 0.1) is 16.0 Å². The number of halogens is 6. The predicted molar refractivity (Wildman–Crippen MR) is 120 cm³/mol. The Morgan fingerprint density at radius 2 is 1.44 bits per heavy atom. The third kappa shape index (κ3) is 5.09. The van der Waals surface area contributed by atoms with E-state index in [1.165, 1.54) is 0 Å². The molecule has 2 nitrogen and oxygen atoms in total. The molecular weight excluding hydrogens is 476 g/mol. The lowest BCUT2D eigenvalue weighted by Gasteiger charge is -2.15. The Morgan fingerprint density at radius 3 is 2.03 bits per heavy atom. The van der Waals surface area contributed by atoms with E-state index >= 15 is 0 Å². The highest BCUT2D eigenvalue weighted by molar-refractivity contribution is 7.21. The highest BCUT2D eigenvalue weighted by Crippen LogP contribution is 2.38. The van der Waals surface area contributed by atoms with Gasteiger partial charge in [-0.15, -0.1) is 11.3 Å². The summed E-state index contributed by atoms with van der Waals surface area (Å²) in [5.74, 6) is -0.768. The van der Waals surface area contributed by atoms with Crippen LogP contribution in [0.4, 0.5) is 32.0 Å². The van der Waals surface area contributed by atoms with Gasteiger partial charge in [0.25, 0.3) is 5.91 Å². The minimum atomic E-state index is -5.01. The fraction of sp³-hybridized carbons (Fsp3) is 0.160. The first-order valence-corrected chi connectivity index (χ1v) is 10.9. The van der Waals surface area contributed by atoms with Crippen LogP contribution in [0.15, 0.2) is 66.7 Å². The van der Waals surface area contributed by atoms with Gasteiger partial charge in [-0.1, -0.05) is 48.0 Å². The van der Waals surface area contributed by atoms with Crippen LogP contribution in [-0.4, -0.2) is 5.91 Å². The van der Waals surface area contributed by atoms with E-state index in [4.69, 9.17) is 0 Å². The number of thiophene rings is 1. The number of hydrogen-bond acceptors (Lipinski definition) is 2. The lowest BCUT2D eigenvalue weighted by atomic mass is 10.0. The van der Waals surface area contributed by atoms with Gasteiger partial charge in [0.1, 0.15) is 0 Å². The maximum Gasteiger partial charge on any atom is 0.416 e. The number of aryl methyl sites for hydroxylation is 1. The summed E-state index contributed by atoms with van der Waals surface area (Å²) in [6.45, 7) is 1.94. The van der Waals surface area contributed by atoms with E-state index < -0.39 is 35.1 Å². The molecule has 0 radical (unpaired) electrons. The van der Waals surface area contributed by atoms with Gasteiger partial charge in [-0.3, -0.25) is 4.79 Å². The van der Waals surface area contributed by atoms with Crippen molar-refractivity contribution < 1.29 is 31.1 Å². The third-order valence-corrected chi connectivity index (χ3v) is 6.46. The van der Waals surface area contributed by atoms with Gasteiger partial charge in [0.15, 0.2) is 0 Å². The van der Waals surface area contributed by atoms with Crippen LogP contribution >= 0.6 is 11.3 Å². The molecule has 1 heterocycles. The molecule has 0 saturated heterocycles. The first kappa shape index (κ1) is 23.8. The predicted octanol–water partition coefficient (Wildman–Crippen LogP) is 8.09. The van der Waals surface area contributed by atoms with Crippen molar-refractivity contribution >= 4 is 33.0 Å². The lowest BCUT2D eigenvalue weighted by molar-refractivity contribution is -0.143. The molecule has 0 atom stereocenters. The molecule has 1 aromatic heterocycles. The van der Waals surface area contributed by atoms with E-state index in [2.05, 4.69) is 5.32 Å². The standard InChI is InChI=1S/C25H17F6NOS/c1-14-6-8-15(9-7-14)10-20-19-4-2-3-5-21(19)34-22(20)23(33)32-18-12-16(24(26,27)28)11-17(13-18)25(29,30)31/h2-9,11-13H,10H2,1H3,(H,32,33). The molecular formula is C25H17F6NOS. The SMILES string of the molecule is Cc1ccc(Cc2c(C(=O)Nc3cc(C(F)(F)F)cc(C(F)(F)F)c3)sc3ccccc23)cc1. The van der Waals surface area contributed by atoms with Crippen molar-refractivity contribution in [3.8, 4) is 0 Å². The Morgan fingerprint density at radius 1 is 0.853 bits per heavy atom. The average molecular weight is 493 g/mol. The summed E-state index contributed by atoms with van der Waals surface area (Å²) in [6.07, 6.45) is -9.63. The number of anilines is 1. The normalized spacial score (nSPS) is 12.2. The zero-order valence-corrected chi connectivity index (χ0v) is 18.5. The molecule has 34 heavy (non-hydrogen) atoms. The number of rotatable bonds is 4. The molecule has 1 amide bonds. The lowest BCUT2D eigenvalue weighted by Crippen LogP contribution is -2.16. The van der Waals surface area contributed by atoms with Crippen molar-refractivity contribution in [2.75, 3.05) is 5.32 Å². The second kappa shape index (κ2) is 8.79. The van der Waals surface area contributed by atoms with Gasteiger partial charge in [-0.05, 0) is 54.1 Å². The number of amides is 1. The van der Waals surface area contributed by atoms with Crippen LogP contribution in [0, 0.1) is 6.92 Å². The number of benzene rings is 3. The maximum absolute atomic E-state index is 13.2. The molecule has 0 aliphatic heterocycles. The van der Waals surface area contributed by atoms with Gasteiger partial charge < -0.3 is 5.32 Å². The number of nitrogens with one attached hydrogen (secondary N) is 1. The topological polar surface area (TPSA) is 29.1 Å². The van der Waals surface area contributed by atoms with E-state index in [0.717, 1.165) is 32.5 Å². The van der Waals surface area contributed by atoms with E-state index in [1.807, 2.05) is 37.3 Å². The third-order valence-electron chi connectivity index (χ3n) is 5.25. The van der Waals surface area contributed by atoms with Crippen LogP contribution in [0.3, 0.4) is 0 Å². The molecule has 0 bridgehead atoms. The largest absolute Gasteiger partial charge is 0.416 e.